The van der Waals surface area contributed by atoms with Crippen LogP contribution < -0.4 is 5.32 Å². The summed E-state index contributed by atoms with van der Waals surface area (Å²) in [5.74, 6) is -0.117. The number of nitrogens with one attached hydrogen (secondary N) is 1. The monoisotopic (exact) mass is 437 g/mol. The third kappa shape index (κ3) is 4.66. The van der Waals surface area contributed by atoms with Gasteiger partial charge in [0.25, 0.3) is 5.91 Å². The molecule has 30 heavy (non-hydrogen) atoms. The number of carbonyl (C=O) groups excluding carboxylic acids is 1. The molecular weight excluding hydrogens is 418 g/mol. The second kappa shape index (κ2) is 9.06. The Balaban J connectivity index is 1.52. The number of aromatic nitrogens is 3. The molecule has 3 aromatic rings. The number of aliphatic imine (C=N–C) groups is 1. The number of carbonyl (C=O) groups is 1. The molecule has 0 saturated carbocycles. The molecule has 0 saturated heterocycles. The van der Waals surface area contributed by atoms with Crippen molar-refractivity contribution in [1.82, 2.24) is 20.1 Å². The van der Waals surface area contributed by atoms with E-state index in [1.807, 2.05) is 37.0 Å². The molecule has 4 rings (SSSR count). The van der Waals surface area contributed by atoms with E-state index in [9.17, 15) is 4.79 Å². The Hall–Kier alpha value is -3.24. The summed E-state index contributed by atoms with van der Waals surface area (Å²) in [6.07, 6.45) is 8.85. The summed E-state index contributed by atoms with van der Waals surface area (Å²) in [5, 5.41) is 20.3. The number of hydrogen-bond donors (Lipinski definition) is 1. The molecule has 0 fully saturated rings. The maximum atomic E-state index is 12.5. The van der Waals surface area contributed by atoms with Gasteiger partial charge >= 0.3 is 0 Å². The average molecular weight is 438 g/mol. The van der Waals surface area contributed by atoms with Crippen LogP contribution in [0.3, 0.4) is 0 Å². The summed E-state index contributed by atoms with van der Waals surface area (Å²) >= 11 is 2.91. The maximum absolute atomic E-state index is 12.5. The quantitative estimate of drug-likeness (QED) is 0.648. The molecule has 152 valence electrons. The van der Waals surface area contributed by atoms with Crippen molar-refractivity contribution in [3.8, 4) is 0 Å². The van der Waals surface area contributed by atoms with Crippen LogP contribution in [0.15, 0.2) is 62.5 Å². The van der Waals surface area contributed by atoms with Gasteiger partial charge in [-0.3, -0.25) is 14.5 Å². The van der Waals surface area contributed by atoms with Gasteiger partial charge < -0.3 is 5.32 Å². The van der Waals surface area contributed by atoms with Gasteiger partial charge in [-0.25, -0.2) is 4.98 Å². The summed E-state index contributed by atoms with van der Waals surface area (Å²) in [4.78, 5) is 21.9. The zero-order valence-corrected chi connectivity index (χ0v) is 18.1. The van der Waals surface area contributed by atoms with Crippen molar-refractivity contribution < 1.29 is 4.79 Å². The molecule has 0 spiro atoms. The highest BCUT2D eigenvalue weighted by molar-refractivity contribution is 7.12. The molecule has 8 nitrogen and oxygen atoms in total. The van der Waals surface area contributed by atoms with E-state index in [1.54, 1.807) is 29.5 Å². The summed E-state index contributed by atoms with van der Waals surface area (Å²) in [7, 11) is 1.86. The smallest absolute Gasteiger partial charge is 0.261 e. The highest BCUT2D eigenvalue weighted by Gasteiger charge is 2.14. The Kier molecular flexibility index (Phi) is 6.05. The zero-order chi connectivity index (χ0) is 20.9. The summed E-state index contributed by atoms with van der Waals surface area (Å²) < 4.78 is 1.73. The molecule has 1 aliphatic rings. The van der Waals surface area contributed by atoms with Gasteiger partial charge in [0, 0.05) is 53.4 Å². The Morgan fingerprint density at radius 3 is 2.97 bits per heavy atom. The zero-order valence-electron chi connectivity index (χ0n) is 16.4. The van der Waals surface area contributed by atoms with E-state index in [2.05, 4.69) is 30.6 Å². The number of amides is 1. The number of thiazole rings is 1. The van der Waals surface area contributed by atoms with Crippen molar-refractivity contribution >= 4 is 45.9 Å². The van der Waals surface area contributed by atoms with Crippen LogP contribution in [0.5, 0.6) is 0 Å². The second-order valence-electron chi connectivity index (χ2n) is 6.53. The van der Waals surface area contributed by atoms with Crippen molar-refractivity contribution in [2.45, 2.75) is 13.5 Å². The lowest BCUT2D eigenvalue weighted by molar-refractivity contribution is 0.0955. The standard InChI is InChI=1S/C20H19N7OS2/c1-13-17(9-25-24-7-15(6-22-13)16-8-26-27(2)11-16)14-5-18(30-12-14)20(28)23-10-19-21-3-4-29-19/h3-8,11-12H,9-10H2,1-2H3,(H,23,28)/b15-7-,17-13-,22-6-,25-24+. The first-order valence-electron chi connectivity index (χ1n) is 9.15. The number of allylic oxidation sites excluding steroid dienone is 2. The van der Waals surface area contributed by atoms with Crippen LogP contribution in [0.2, 0.25) is 0 Å². The molecule has 0 radical (unpaired) electrons. The third-order valence-corrected chi connectivity index (χ3v) is 6.14. The average Bonchev–Trinajstić information content (AvgIpc) is 3.49. The van der Waals surface area contributed by atoms with Crippen LogP contribution in [-0.2, 0) is 13.6 Å². The molecule has 1 N–H and O–H groups in total. The number of nitrogens with zero attached hydrogens (tertiary/aromatic N) is 6. The predicted octanol–water partition coefficient (Wildman–Crippen LogP) is 4.18. The lowest BCUT2D eigenvalue weighted by Crippen LogP contribution is -2.21. The number of rotatable bonds is 5. The van der Waals surface area contributed by atoms with Gasteiger partial charge in [-0.15, -0.1) is 22.7 Å². The Morgan fingerprint density at radius 1 is 1.30 bits per heavy atom. The van der Waals surface area contributed by atoms with E-state index < -0.39 is 0 Å². The molecule has 0 atom stereocenters. The molecule has 4 heterocycles. The number of azo groups is 1. The van der Waals surface area contributed by atoms with Gasteiger partial charge in [-0.05, 0) is 23.9 Å². The third-order valence-electron chi connectivity index (χ3n) is 4.43. The first-order valence-corrected chi connectivity index (χ1v) is 10.9. The number of thiophene rings is 1. The minimum absolute atomic E-state index is 0.117. The summed E-state index contributed by atoms with van der Waals surface area (Å²) in [5.41, 5.74) is 4.45. The Labute approximate surface area is 181 Å². The van der Waals surface area contributed by atoms with Gasteiger partial charge in [0.2, 0.25) is 0 Å². The van der Waals surface area contributed by atoms with E-state index in [0.717, 1.165) is 33.0 Å². The van der Waals surface area contributed by atoms with Crippen molar-refractivity contribution in [3.05, 3.63) is 68.3 Å². The summed E-state index contributed by atoms with van der Waals surface area (Å²) in [6, 6.07) is 1.87. The molecule has 0 aromatic carbocycles. The predicted molar refractivity (Wildman–Crippen MR) is 120 cm³/mol. The SMILES string of the molecule is CC1=C(/c2csc(C(=O)NCc3nccs3)c2)C/N=N/C=C(c2cnn(C)c2)/C=N\1. The molecular formula is C20H19N7OS2. The fourth-order valence-electron chi connectivity index (χ4n) is 2.82. The van der Waals surface area contributed by atoms with E-state index >= 15 is 0 Å². The number of hydrogen-bond acceptors (Lipinski definition) is 8. The molecule has 3 aromatic heterocycles. The van der Waals surface area contributed by atoms with Gasteiger partial charge in [0.05, 0.1) is 30.4 Å². The lowest BCUT2D eigenvalue weighted by Gasteiger charge is -2.04. The van der Waals surface area contributed by atoms with E-state index in [4.69, 9.17) is 0 Å². The maximum Gasteiger partial charge on any atom is 0.261 e. The van der Waals surface area contributed by atoms with E-state index in [1.165, 1.54) is 22.7 Å². The molecule has 0 aliphatic carbocycles. The first kappa shape index (κ1) is 20.0. The highest BCUT2D eigenvalue weighted by atomic mass is 32.1. The van der Waals surface area contributed by atoms with Crippen molar-refractivity contribution in [2.75, 3.05) is 6.54 Å². The molecule has 0 bridgehead atoms. The molecule has 10 heteroatoms. The van der Waals surface area contributed by atoms with Crippen molar-refractivity contribution in [1.29, 1.82) is 0 Å². The number of aryl methyl sites for hydroxylation is 1. The van der Waals surface area contributed by atoms with Gasteiger partial charge in [-0.2, -0.15) is 15.3 Å². The Morgan fingerprint density at radius 2 is 2.20 bits per heavy atom. The fourth-order valence-corrected chi connectivity index (χ4v) is 4.22. The first-order chi connectivity index (χ1) is 14.6. The van der Waals surface area contributed by atoms with Gasteiger partial charge in [0.15, 0.2) is 0 Å². The van der Waals surface area contributed by atoms with Crippen LogP contribution in [-0.4, -0.2) is 33.4 Å². The van der Waals surface area contributed by atoms with Crippen LogP contribution in [0.25, 0.3) is 11.1 Å². The minimum Gasteiger partial charge on any atom is -0.345 e. The molecule has 1 aliphatic heterocycles. The van der Waals surface area contributed by atoms with Crippen LogP contribution in [0, 0.1) is 0 Å². The van der Waals surface area contributed by atoms with Crippen LogP contribution in [0.1, 0.15) is 32.7 Å². The van der Waals surface area contributed by atoms with E-state index in [0.29, 0.717) is 18.0 Å². The summed E-state index contributed by atoms with van der Waals surface area (Å²) in [6.45, 7) is 2.75. The van der Waals surface area contributed by atoms with Gasteiger partial charge in [0.1, 0.15) is 5.01 Å². The molecule has 1 amide bonds. The lowest BCUT2D eigenvalue weighted by atomic mass is 10.1. The largest absolute Gasteiger partial charge is 0.345 e. The van der Waals surface area contributed by atoms with Crippen LogP contribution in [0.4, 0.5) is 0 Å². The Bertz CT molecular complexity index is 1170. The fraction of sp³-hybridized carbons (Fsp3) is 0.200. The van der Waals surface area contributed by atoms with Crippen molar-refractivity contribution in [2.24, 2.45) is 22.3 Å². The highest BCUT2D eigenvalue weighted by Crippen LogP contribution is 2.27. The minimum atomic E-state index is -0.117. The van der Waals surface area contributed by atoms with E-state index in [-0.39, 0.29) is 5.91 Å². The normalized spacial score (nSPS) is 20.5. The molecule has 0 unspecified atom stereocenters. The van der Waals surface area contributed by atoms with Gasteiger partial charge in [-0.1, -0.05) is 0 Å². The van der Waals surface area contributed by atoms with Crippen molar-refractivity contribution in [3.63, 3.8) is 0 Å². The van der Waals surface area contributed by atoms with Crippen LogP contribution >= 0.6 is 22.7 Å². The second-order valence-corrected chi connectivity index (χ2v) is 8.42. The topological polar surface area (TPSA) is 96.9 Å².